The first-order valence-electron chi connectivity index (χ1n) is 16.2. The molecule has 3 aromatic heterocycles. The number of para-hydroxylation sites is 2. The van der Waals surface area contributed by atoms with E-state index in [4.69, 9.17) is 23.8 Å². The average molecular weight is 618 g/mol. The first kappa shape index (κ1) is 26.8. The Balaban J connectivity index is 1.26. The maximum absolute atomic E-state index is 6.67. The quantitative estimate of drug-likeness (QED) is 0.197. The van der Waals surface area contributed by atoms with Crippen LogP contribution in [0.5, 0.6) is 0 Å². The summed E-state index contributed by atoms with van der Waals surface area (Å²) in [4.78, 5) is 15.2. The molecule has 0 spiro atoms. The second-order valence-electron chi connectivity index (χ2n) is 12.3. The molecule has 0 radical (unpaired) electrons. The number of allylic oxidation sites excluding steroid dienone is 1. The predicted octanol–water partition coefficient (Wildman–Crippen LogP) is 11.3. The summed E-state index contributed by atoms with van der Waals surface area (Å²) in [5, 5.41) is 4.22. The predicted molar refractivity (Wildman–Crippen MR) is 193 cm³/mol. The molecule has 10 rings (SSSR count). The maximum Gasteiger partial charge on any atom is 0.164 e. The van der Waals surface area contributed by atoms with Gasteiger partial charge in [0.1, 0.15) is 22.3 Å². The van der Waals surface area contributed by atoms with Crippen LogP contribution in [-0.4, -0.2) is 15.0 Å². The summed E-state index contributed by atoms with van der Waals surface area (Å²) in [6, 6.07) is 43.4. The lowest BCUT2D eigenvalue weighted by Gasteiger charge is -2.11. The van der Waals surface area contributed by atoms with Gasteiger partial charge < -0.3 is 8.83 Å². The number of benzene rings is 6. The molecule has 0 unspecified atom stereocenters. The van der Waals surface area contributed by atoms with Gasteiger partial charge in [0.2, 0.25) is 0 Å². The maximum atomic E-state index is 6.67. The summed E-state index contributed by atoms with van der Waals surface area (Å²) in [7, 11) is 0. The molecule has 5 nitrogen and oxygen atoms in total. The van der Waals surface area contributed by atoms with Crippen LogP contribution in [0.1, 0.15) is 17.5 Å². The fourth-order valence-corrected chi connectivity index (χ4v) is 7.07. The third-order valence-corrected chi connectivity index (χ3v) is 9.37. The van der Waals surface area contributed by atoms with Crippen molar-refractivity contribution >= 4 is 50.0 Å². The Kier molecular flexibility index (Phi) is 5.93. The highest BCUT2D eigenvalue weighted by Gasteiger charge is 2.22. The molecule has 0 fully saturated rings. The number of rotatable bonds is 4. The van der Waals surface area contributed by atoms with Crippen molar-refractivity contribution in [2.45, 2.75) is 12.8 Å². The molecule has 0 N–H and O–H groups in total. The van der Waals surface area contributed by atoms with Crippen LogP contribution in [0.4, 0.5) is 0 Å². The van der Waals surface area contributed by atoms with E-state index in [1.807, 2.05) is 78.9 Å². The summed E-state index contributed by atoms with van der Waals surface area (Å²) in [5.74, 6) is 1.81. The molecular weight excluding hydrogens is 590 g/mol. The molecule has 9 aromatic rings. The molecule has 0 amide bonds. The van der Waals surface area contributed by atoms with Crippen molar-refractivity contribution in [1.82, 2.24) is 15.0 Å². The van der Waals surface area contributed by atoms with Crippen LogP contribution < -0.4 is 0 Å². The van der Waals surface area contributed by atoms with E-state index in [9.17, 15) is 0 Å². The lowest BCUT2D eigenvalue weighted by atomic mass is 9.94. The van der Waals surface area contributed by atoms with Gasteiger partial charge in [-0.3, -0.25) is 0 Å². The van der Waals surface area contributed by atoms with Gasteiger partial charge in [-0.15, -0.1) is 0 Å². The van der Waals surface area contributed by atoms with Crippen LogP contribution in [0.15, 0.2) is 142 Å². The Hall–Kier alpha value is -6.33. The molecule has 3 heterocycles. The minimum Gasteiger partial charge on any atom is -0.456 e. The van der Waals surface area contributed by atoms with Crippen molar-refractivity contribution in [3.63, 3.8) is 0 Å². The highest BCUT2D eigenvalue weighted by molar-refractivity contribution is 6.15. The monoisotopic (exact) mass is 617 g/mol. The minimum absolute atomic E-state index is 0.581. The molecule has 0 saturated heterocycles. The van der Waals surface area contributed by atoms with E-state index in [1.165, 1.54) is 11.1 Å². The molecule has 5 heteroatoms. The van der Waals surface area contributed by atoms with Gasteiger partial charge in [0.25, 0.3) is 0 Å². The summed E-state index contributed by atoms with van der Waals surface area (Å²) in [5.41, 5.74) is 10.6. The Bertz CT molecular complexity index is 2660. The molecule has 1 aliphatic carbocycles. The zero-order valence-electron chi connectivity index (χ0n) is 25.9. The van der Waals surface area contributed by atoms with E-state index in [0.29, 0.717) is 17.5 Å². The van der Waals surface area contributed by atoms with Gasteiger partial charge in [0.05, 0.1) is 0 Å². The summed E-state index contributed by atoms with van der Waals surface area (Å²) in [6.07, 6.45) is 6.55. The van der Waals surface area contributed by atoms with Crippen LogP contribution in [0.25, 0.3) is 95.2 Å². The van der Waals surface area contributed by atoms with Gasteiger partial charge in [-0.05, 0) is 59.9 Å². The topological polar surface area (TPSA) is 65.0 Å². The number of hydrogen-bond donors (Lipinski definition) is 0. The SMILES string of the molecule is C1=Cc2cc3oc4c(-c5cc(-c6nc(-c7ccccc7)nc(-c7ccccc7)n6)c6c(c5)oc5ccccc56)cccc4c3cc2CC1. The first-order chi connectivity index (χ1) is 23.8. The Morgan fingerprint density at radius 2 is 1.19 bits per heavy atom. The summed E-state index contributed by atoms with van der Waals surface area (Å²) >= 11 is 0. The molecular formula is C43H27N3O2. The number of nitrogens with zero attached hydrogens (tertiary/aromatic N) is 3. The number of fused-ring (bicyclic) bond motifs is 7. The molecule has 0 saturated carbocycles. The van der Waals surface area contributed by atoms with Gasteiger partial charge in [-0.1, -0.05) is 109 Å². The number of aromatic nitrogens is 3. The average Bonchev–Trinajstić information content (AvgIpc) is 3.72. The van der Waals surface area contributed by atoms with Gasteiger partial charge >= 0.3 is 0 Å². The van der Waals surface area contributed by atoms with E-state index in [-0.39, 0.29) is 0 Å². The van der Waals surface area contributed by atoms with Crippen LogP contribution in [-0.2, 0) is 6.42 Å². The van der Waals surface area contributed by atoms with E-state index < -0.39 is 0 Å². The zero-order chi connectivity index (χ0) is 31.6. The van der Waals surface area contributed by atoms with E-state index in [2.05, 4.69) is 60.7 Å². The smallest absolute Gasteiger partial charge is 0.164 e. The van der Waals surface area contributed by atoms with E-state index in [0.717, 1.165) is 84.5 Å². The normalized spacial score (nSPS) is 12.8. The van der Waals surface area contributed by atoms with Crippen LogP contribution in [0.3, 0.4) is 0 Å². The summed E-state index contributed by atoms with van der Waals surface area (Å²) < 4.78 is 13.2. The van der Waals surface area contributed by atoms with Crippen LogP contribution in [0, 0.1) is 0 Å². The Labute approximate surface area is 275 Å². The third-order valence-electron chi connectivity index (χ3n) is 9.37. The molecule has 6 aromatic carbocycles. The lowest BCUT2D eigenvalue weighted by Crippen LogP contribution is -2.00. The fourth-order valence-electron chi connectivity index (χ4n) is 7.07. The lowest BCUT2D eigenvalue weighted by molar-refractivity contribution is 0.668. The Morgan fingerprint density at radius 3 is 1.98 bits per heavy atom. The van der Waals surface area contributed by atoms with Gasteiger partial charge in [-0.25, -0.2) is 15.0 Å². The second kappa shape index (κ2) is 10.6. The van der Waals surface area contributed by atoms with Crippen molar-refractivity contribution in [2.75, 3.05) is 0 Å². The molecule has 0 atom stereocenters. The van der Waals surface area contributed by atoms with Crippen molar-refractivity contribution in [3.05, 3.63) is 145 Å². The third kappa shape index (κ3) is 4.28. The standard InChI is InChI=1S/C43H27N3O2/c1-3-12-26(13-4-1)41-44-42(27-14-5-2-6-15-27)46-43(45-41)35-23-30(25-38-39(35)33-18-9-10-21-36(33)47-38)31-19-11-20-32-34-22-28-16-7-8-17-29(28)24-37(34)48-40(31)32/h1-6,8-15,17-25H,7,16H2. The van der Waals surface area contributed by atoms with E-state index >= 15 is 0 Å². The largest absolute Gasteiger partial charge is 0.456 e. The highest BCUT2D eigenvalue weighted by atomic mass is 16.3. The first-order valence-corrected chi connectivity index (χ1v) is 16.2. The fraction of sp³-hybridized carbons (Fsp3) is 0.0465. The number of furan rings is 2. The van der Waals surface area contributed by atoms with E-state index in [1.54, 1.807) is 0 Å². The van der Waals surface area contributed by atoms with Crippen LogP contribution >= 0.6 is 0 Å². The van der Waals surface area contributed by atoms with Gasteiger partial charge in [0.15, 0.2) is 17.5 Å². The van der Waals surface area contributed by atoms with Crippen molar-refractivity contribution in [3.8, 4) is 45.3 Å². The molecule has 0 aliphatic heterocycles. The molecule has 48 heavy (non-hydrogen) atoms. The van der Waals surface area contributed by atoms with Crippen molar-refractivity contribution < 1.29 is 8.83 Å². The Morgan fingerprint density at radius 1 is 0.479 bits per heavy atom. The zero-order valence-corrected chi connectivity index (χ0v) is 25.9. The number of aryl methyl sites for hydroxylation is 1. The van der Waals surface area contributed by atoms with Gasteiger partial charge in [-0.2, -0.15) is 0 Å². The second-order valence-corrected chi connectivity index (χ2v) is 12.3. The molecule has 1 aliphatic rings. The highest BCUT2D eigenvalue weighted by Crippen LogP contribution is 2.43. The summed E-state index contributed by atoms with van der Waals surface area (Å²) in [6.45, 7) is 0. The van der Waals surface area contributed by atoms with Gasteiger partial charge in [0, 0.05) is 43.8 Å². The van der Waals surface area contributed by atoms with Crippen LogP contribution in [0.2, 0.25) is 0 Å². The van der Waals surface area contributed by atoms with Crippen molar-refractivity contribution in [1.29, 1.82) is 0 Å². The molecule has 226 valence electrons. The number of hydrogen-bond acceptors (Lipinski definition) is 5. The molecule has 0 bridgehead atoms. The van der Waals surface area contributed by atoms with Crippen molar-refractivity contribution in [2.24, 2.45) is 0 Å². The minimum atomic E-state index is 0.581.